The second kappa shape index (κ2) is 5.67. The topological polar surface area (TPSA) is 41.1 Å². The minimum Gasteiger partial charge on any atom is -0.352 e. The maximum absolute atomic E-state index is 12.0. The molecule has 1 aliphatic carbocycles. The number of hydrogen-bond acceptors (Lipinski definition) is 2. The van der Waals surface area contributed by atoms with Crippen LogP contribution in [0.25, 0.3) is 0 Å². The Morgan fingerprint density at radius 2 is 1.88 bits per heavy atom. The Hall–Kier alpha value is -0.570. The van der Waals surface area contributed by atoms with Gasteiger partial charge in [0.2, 0.25) is 5.91 Å². The molecule has 2 rings (SSSR count). The lowest BCUT2D eigenvalue weighted by Gasteiger charge is -2.26. The van der Waals surface area contributed by atoms with Crippen LogP contribution in [0.4, 0.5) is 0 Å². The van der Waals surface area contributed by atoms with E-state index < -0.39 is 0 Å². The van der Waals surface area contributed by atoms with Gasteiger partial charge in [0.25, 0.3) is 0 Å². The number of rotatable bonds is 3. The number of piperidine rings is 1. The van der Waals surface area contributed by atoms with Crippen molar-refractivity contribution in [2.75, 3.05) is 6.54 Å². The SMILES string of the molecule is C[C@H](NC(=O)C1CCCCN1)C1CCCC1. The molecule has 0 aromatic carbocycles. The summed E-state index contributed by atoms with van der Waals surface area (Å²) in [5, 5.41) is 6.49. The van der Waals surface area contributed by atoms with Crippen molar-refractivity contribution in [2.45, 2.75) is 64.0 Å². The van der Waals surface area contributed by atoms with Gasteiger partial charge in [-0.2, -0.15) is 0 Å². The molecule has 16 heavy (non-hydrogen) atoms. The highest BCUT2D eigenvalue weighted by Gasteiger charge is 2.26. The van der Waals surface area contributed by atoms with Crippen LogP contribution >= 0.6 is 0 Å². The molecular formula is C13H24N2O. The molecule has 0 radical (unpaired) electrons. The van der Waals surface area contributed by atoms with E-state index in [4.69, 9.17) is 0 Å². The van der Waals surface area contributed by atoms with Crippen molar-refractivity contribution < 1.29 is 4.79 Å². The third-order valence-corrected chi connectivity index (χ3v) is 4.10. The zero-order chi connectivity index (χ0) is 11.4. The van der Waals surface area contributed by atoms with Crippen molar-refractivity contribution in [3.05, 3.63) is 0 Å². The average molecular weight is 224 g/mol. The summed E-state index contributed by atoms with van der Waals surface area (Å²) in [4.78, 5) is 12.0. The van der Waals surface area contributed by atoms with Gasteiger partial charge < -0.3 is 10.6 Å². The van der Waals surface area contributed by atoms with E-state index in [2.05, 4.69) is 17.6 Å². The zero-order valence-corrected chi connectivity index (χ0v) is 10.3. The maximum atomic E-state index is 12.0. The summed E-state index contributed by atoms with van der Waals surface area (Å²) in [6.07, 6.45) is 8.66. The third kappa shape index (κ3) is 2.97. The molecule has 1 saturated carbocycles. The normalized spacial score (nSPS) is 28.9. The Bertz CT molecular complexity index is 230. The highest BCUT2D eigenvalue weighted by atomic mass is 16.2. The summed E-state index contributed by atoms with van der Waals surface area (Å²) in [6.45, 7) is 3.16. The van der Waals surface area contributed by atoms with Crippen LogP contribution in [0.2, 0.25) is 0 Å². The lowest BCUT2D eigenvalue weighted by molar-refractivity contribution is -0.124. The van der Waals surface area contributed by atoms with Gasteiger partial charge in [-0.3, -0.25) is 4.79 Å². The Morgan fingerprint density at radius 3 is 2.50 bits per heavy atom. The van der Waals surface area contributed by atoms with E-state index in [0.29, 0.717) is 12.0 Å². The predicted octanol–water partition coefficient (Wildman–Crippen LogP) is 1.82. The minimum absolute atomic E-state index is 0.0672. The van der Waals surface area contributed by atoms with E-state index in [9.17, 15) is 4.79 Å². The first kappa shape index (κ1) is 11.9. The van der Waals surface area contributed by atoms with Gasteiger partial charge in [0.05, 0.1) is 6.04 Å². The number of amides is 1. The highest BCUT2D eigenvalue weighted by molar-refractivity contribution is 5.82. The Morgan fingerprint density at radius 1 is 1.19 bits per heavy atom. The monoisotopic (exact) mass is 224 g/mol. The van der Waals surface area contributed by atoms with Gasteiger partial charge in [-0.25, -0.2) is 0 Å². The summed E-state index contributed by atoms with van der Waals surface area (Å²) in [5.74, 6) is 0.937. The van der Waals surface area contributed by atoms with Crippen LogP contribution in [-0.2, 0) is 4.79 Å². The van der Waals surface area contributed by atoms with Crippen molar-refractivity contribution in [2.24, 2.45) is 5.92 Å². The third-order valence-electron chi connectivity index (χ3n) is 4.10. The number of hydrogen-bond donors (Lipinski definition) is 2. The molecule has 2 fully saturated rings. The van der Waals surface area contributed by atoms with Crippen LogP contribution in [0.3, 0.4) is 0 Å². The van der Waals surface area contributed by atoms with Crippen molar-refractivity contribution >= 4 is 5.91 Å². The summed E-state index contributed by atoms with van der Waals surface area (Å²) >= 11 is 0. The molecule has 3 heteroatoms. The first-order chi connectivity index (χ1) is 7.77. The van der Waals surface area contributed by atoms with E-state index >= 15 is 0 Å². The van der Waals surface area contributed by atoms with Gasteiger partial charge in [0.15, 0.2) is 0 Å². The van der Waals surface area contributed by atoms with Crippen molar-refractivity contribution in [3.8, 4) is 0 Å². The van der Waals surface area contributed by atoms with Crippen LogP contribution in [0.15, 0.2) is 0 Å². The zero-order valence-electron chi connectivity index (χ0n) is 10.3. The van der Waals surface area contributed by atoms with Crippen molar-refractivity contribution in [1.82, 2.24) is 10.6 Å². The van der Waals surface area contributed by atoms with E-state index in [1.807, 2.05) is 0 Å². The predicted molar refractivity (Wildman–Crippen MR) is 65.2 cm³/mol. The average Bonchev–Trinajstić information content (AvgIpc) is 2.83. The molecule has 0 bridgehead atoms. The van der Waals surface area contributed by atoms with Crippen LogP contribution in [0.5, 0.6) is 0 Å². The number of carbonyl (C=O) groups is 1. The van der Waals surface area contributed by atoms with E-state index in [1.54, 1.807) is 0 Å². The molecule has 1 unspecified atom stereocenters. The molecule has 0 aromatic heterocycles. The second-order valence-corrected chi connectivity index (χ2v) is 5.34. The number of carbonyl (C=O) groups excluding carboxylic acids is 1. The largest absolute Gasteiger partial charge is 0.352 e. The standard InChI is InChI=1S/C13H24N2O/c1-10(11-6-2-3-7-11)15-13(16)12-8-4-5-9-14-12/h10-12,14H,2-9H2,1H3,(H,15,16)/t10-,12?/m0/s1. The van der Waals surface area contributed by atoms with Gasteiger partial charge in [-0.05, 0) is 45.1 Å². The van der Waals surface area contributed by atoms with Gasteiger partial charge in [0, 0.05) is 6.04 Å². The molecule has 2 aliphatic rings. The van der Waals surface area contributed by atoms with Crippen molar-refractivity contribution in [1.29, 1.82) is 0 Å². The smallest absolute Gasteiger partial charge is 0.237 e. The maximum Gasteiger partial charge on any atom is 0.237 e. The molecular weight excluding hydrogens is 200 g/mol. The van der Waals surface area contributed by atoms with Gasteiger partial charge in [-0.1, -0.05) is 19.3 Å². The van der Waals surface area contributed by atoms with Crippen LogP contribution in [0, 0.1) is 5.92 Å². The van der Waals surface area contributed by atoms with Gasteiger partial charge >= 0.3 is 0 Å². The van der Waals surface area contributed by atoms with Gasteiger partial charge in [-0.15, -0.1) is 0 Å². The molecule has 3 nitrogen and oxygen atoms in total. The summed E-state index contributed by atoms with van der Waals surface area (Å²) in [5.41, 5.74) is 0. The Balaban J connectivity index is 1.76. The van der Waals surface area contributed by atoms with Gasteiger partial charge in [0.1, 0.15) is 0 Å². The Kier molecular flexibility index (Phi) is 4.22. The highest BCUT2D eigenvalue weighted by Crippen LogP contribution is 2.27. The number of nitrogens with one attached hydrogen (secondary N) is 2. The molecule has 2 atom stereocenters. The summed E-state index contributed by atoms with van der Waals surface area (Å²) < 4.78 is 0. The quantitative estimate of drug-likeness (QED) is 0.768. The lowest BCUT2D eigenvalue weighted by Crippen LogP contribution is -2.50. The van der Waals surface area contributed by atoms with Crippen molar-refractivity contribution in [3.63, 3.8) is 0 Å². The Labute approximate surface area is 98.4 Å². The first-order valence-corrected chi connectivity index (χ1v) is 6.81. The van der Waals surface area contributed by atoms with Crippen LogP contribution in [0.1, 0.15) is 51.9 Å². The fourth-order valence-corrected chi connectivity index (χ4v) is 2.98. The molecule has 2 N–H and O–H groups in total. The van der Waals surface area contributed by atoms with E-state index in [0.717, 1.165) is 13.0 Å². The molecule has 1 aliphatic heterocycles. The van der Waals surface area contributed by atoms with Crippen LogP contribution in [-0.4, -0.2) is 24.5 Å². The minimum atomic E-state index is 0.0672. The lowest BCUT2D eigenvalue weighted by atomic mass is 9.98. The van der Waals surface area contributed by atoms with E-state index in [-0.39, 0.29) is 11.9 Å². The fraction of sp³-hybridized carbons (Fsp3) is 0.923. The molecule has 92 valence electrons. The first-order valence-electron chi connectivity index (χ1n) is 6.81. The summed E-state index contributed by atoms with van der Waals surface area (Å²) in [6, 6.07) is 0.427. The fourth-order valence-electron chi connectivity index (χ4n) is 2.98. The summed E-state index contributed by atoms with van der Waals surface area (Å²) in [7, 11) is 0. The molecule has 1 amide bonds. The second-order valence-electron chi connectivity index (χ2n) is 5.34. The molecule has 1 saturated heterocycles. The van der Waals surface area contributed by atoms with Crippen LogP contribution < -0.4 is 10.6 Å². The molecule has 1 heterocycles. The molecule has 0 spiro atoms. The molecule has 0 aromatic rings. The van der Waals surface area contributed by atoms with E-state index in [1.165, 1.54) is 38.5 Å².